The molecule has 0 unspecified atom stereocenters. The van der Waals surface area contributed by atoms with Crippen molar-refractivity contribution in [2.24, 2.45) is 5.92 Å². The van der Waals surface area contributed by atoms with Crippen molar-refractivity contribution >= 4 is 17.5 Å². The molecule has 0 saturated heterocycles. The molecule has 0 aliphatic heterocycles. The number of amides is 1. The summed E-state index contributed by atoms with van der Waals surface area (Å²) in [6.07, 6.45) is 4.14. The van der Waals surface area contributed by atoms with Gasteiger partial charge < -0.3 is 10.1 Å². The fourth-order valence-electron chi connectivity index (χ4n) is 2.56. The van der Waals surface area contributed by atoms with Crippen LogP contribution in [-0.4, -0.2) is 18.6 Å². The van der Waals surface area contributed by atoms with Crippen LogP contribution in [0, 0.1) is 19.8 Å². The summed E-state index contributed by atoms with van der Waals surface area (Å²) in [6.45, 7) is 10.7. The molecular formula is C19H30ClNO2. The Bertz CT molecular complexity index is 493. The number of carbonyl (C=O) groups is 1. The number of rotatable bonds is 9. The molecule has 3 nitrogen and oxygen atoms in total. The molecule has 23 heavy (non-hydrogen) atoms. The minimum atomic E-state index is -0.515. The maximum atomic E-state index is 12.2. The Balaban J connectivity index is 2.53. The van der Waals surface area contributed by atoms with Crippen LogP contribution in [0.2, 0.25) is 5.02 Å². The molecule has 4 heteroatoms. The fourth-order valence-corrected chi connectivity index (χ4v) is 2.67. The average Bonchev–Trinajstić information content (AvgIpc) is 2.52. The van der Waals surface area contributed by atoms with E-state index in [1.165, 1.54) is 12.8 Å². The third-order valence-corrected chi connectivity index (χ3v) is 4.80. The Morgan fingerprint density at radius 2 is 1.87 bits per heavy atom. The molecule has 0 fully saturated rings. The van der Waals surface area contributed by atoms with E-state index in [2.05, 4.69) is 19.2 Å². The van der Waals surface area contributed by atoms with Crippen LogP contribution >= 0.6 is 11.6 Å². The number of unbranched alkanes of at least 4 members (excludes halogenated alkanes) is 1. The summed E-state index contributed by atoms with van der Waals surface area (Å²) in [4.78, 5) is 12.2. The lowest BCUT2D eigenvalue weighted by molar-refractivity contribution is -0.127. The molecule has 0 spiro atoms. The van der Waals surface area contributed by atoms with E-state index in [9.17, 15) is 4.79 Å². The van der Waals surface area contributed by atoms with Gasteiger partial charge in [0.25, 0.3) is 5.91 Å². The molecule has 1 N–H and O–H groups in total. The maximum absolute atomic E-state index is 12.2. The molecule has 0 aliphatic rings. The first-order valence-corrected chi connectivity index (χ1v) is 8.97. The average molecular weight is 340 g/mol. The van der Waals surface area contributed by atoms with Gasteiger partial charge in [0.15, 0.2) is 6.10 Å². The second-order valence-corrected chi connectivity index (χ2v) is 6.67. The van der Waals surface area contributed by atoms with Gasteiger partial charge in [-0.25, -0.2) is 0 Å². The summed E-state index contributed by atoms with van der Waals surface area (Å²) >= 11 is 6.16. The summed E-state index contributed by atoms with van der Waals surface area (Å²) in [6, 6.07) is 3.74. The van der Waals surface area contributed by atoms with E-state index in [1.54, 1.807) is 6.92 Å². The van der Waals surface area contributed by atoms with E-state index in [4.69, 9.17) is 16.3 Å². The third kappa shape index (κ3) is 6.42. The third-order valence-electron chi connectivity index (χ3n) is 4.20. The molecular weight excluding hydrogens is 310 g/mol. The minimum Gasteiger partial charge on any atom is -0.481 e. The highest BCUT2D eigenvalue weighted by Gasteiger charge is 2.17. The predicted molar refractivity (Wildman–Crippen MR) is 97.3 cm³/mol. The smallest absolute Gasteiger partial charge is 0.260 e. The van der Waals surface area contributed by atoms with Crippen LogP contribution in [-0.2, 0) is 4.79 Å². The van der Waals surface area contributed by atoms with E-state index in [1.807, 2.05) is 26.0 Å². The minimum absolute atomic E-state index is 0.0646. The van der Waals surface area contributed by atoms with Crippen molar-refractivity contribution in [3.63, 3.8) is 0 Å². The predicted octanol–water partition coefficient (Wildman–Crippen LogP) is 5.06. The highest BCUT2D eigenvalue weighted by atomic mass is 35.5. The molecule has 0 aliphatic carbocycles. The monoisotopic (exact) mass is 339 g/mol. The number of hydrogen-bond donors (Lipinski definition) is 1. The lowest BCUT2D eigenvalue weighted by Gasteiger charge is -2.19. The molecule has 0 saturated carbocycles. The zero-order chi connectivity index (χ0) is 17.4. The van der Waals surface area contributed by atoms with Crippen LogP contribution < -0.4 is 10.1 Å². The number of hydrogen-bond acceptors (Lipinski definition) is 2. The van der Waals surface area contributed by atoms with Crippen LogP contribution in [0.25, 0.3) is 0 Å². The van der Waals surface area contributed by atoms with Gasteiger partial charge in [0, 0.05) is 11.6 Å². The van der Waals surface area contributed by atoms with Crippen molar-refractivity contribution in [3.05, 3.63) is 28.3 Å². The molecule has 1 aromatic carbocycles. The summed E-state index contributed by atoms with van der Waals surface area (Å²) < 4.78 is 5.77. The first-order chi connectivity index (χ1) is 10.9. The lowest BCUT2D eigenvalue weighted by atomic mass is 9.99. The summed E-state index contributed by atoms with van der Waals surface area (Å²) in [5, 5.41) is 3.76. The van der Waals surface area contributed by atoms with E-state index in [0.29, 0.717) is 11.7 Å². The van der Waals surface area contributed by atoms with Crippen LogP contribution in [0.3, 0.4) is 0 Å². The zero-order valence-electron chi connectivity index (χ0n) is 15.0. The van der Waals surface area contributed by atoms with E-state index in [0.717, 1.165) is 35.5 Å². The quantitative estimate of drug-likeness (QED) is 0.683. The number of benzene rings is 1. The zero-order valence-corrected chi connectivity index (χ0v) is 15.8. The number of aryl methyl sites for hydroxylation is 2. The van der Waals surface area contributed by atoms with Crippen molar-refractivity contribution in [3.8, 4) is 5.75 Å². The van der Waals surface area contributed by atoms with E-state index >= 15 is 0 Å². The Morgan fingerprint density at radius 3 is 2.39 bits per heavy atom. The van der Waals surface area contributed by atoms with Gasteiger partial charge in [-0.05, 0) is 56.4 Å². The normalized spacial score (nSPS) is 13.5. The highest BCUT2D eigenvalue weighted by Crippen LogP contribution is 2.26. The molecule has 1 rings (SSSR count). The first-order valence-electron chi connectivity index (χ1n) is 8.60. The van der Waals surface area contributed by atoms with Crippen LogP contribution in [0.15, 0.2) is 12.1 Å². The van der Waals surface area contributed by atoms with Crippen LogP contribution in [0.4, 0.5) is 0 Å². The molecule has 0 aromatic heterocycles. The second-order valence-electron chi connectivity index (χ2n) is 6.29. The molecule has 2 atom stereocenters. The van der Waals surface area contributed by atoms with Gasteiger partial charge in [0.2, 0.25) is 0 Å². The van der Waals surface area contributed by atoms with Gasteiger partial charge >= 0.3 is 0 Å². The van der Waals surface area contributed by atoms with Crippen molar-refractivity contribution in [2.75, 3.05) is 6.54 Å². The molecule has 0 radical (unpaired) electrons. The number of nitrogens with one attached hydrogen (secondary N) is 1. The second kappa shape index (κ2) is 9.82. The molecule has 130 valence electrons. The van der Waals surface area contributed by atoms with Crippen molar-refractivity contribution in [1.29, 1.82) is 0 Å². The van der Waals surface area contributed by atoms with Crippen molar-refractivity contribution in [1.82, 2.24) is 5.32 Å². The van der Waals surface area contributed by atoms with Gasteiger partial charge in [-0.3, -0.25) is 4.79 Å². The molecule has 0 bridgehead atoms. The number of halogens is 1. The Morgan fingerprint density at radius 1 is 1.26 bits per heavy atom. The van der Waals surface area contributed by atoms with Crippen molar-refractivity contribution in [2.45, 2.75) is 66.4 Å². The first kappa shape index (κ1) is 19.8. The summed E-state index contributed by atoms with van der Waals surface area (Å²) in [5.74, 6) is 1.17. The summed E-state index contributed by atoms with van der Waals surface area (Å²) in [7, 11) is 0. The van der Waals surface area contributed by atoms with Crippen molar-refractivity contribution < 1.29 is 9.53 Å². The molecule has 1 aromatic rings. The topological polar surface area (TPSA) is 38.3 Å². The van der Waals surface area contributed by atoms with Crippen LogP contribution in [0.1, 0.15) is 57.6 Å². The van der Waals surface area contributed by atoms with E-state index < -0.39 is 6.10 Å². The van der Waals surface area contributed by atoms with Gasteiger partial charge in [-0.1, -0.05) is 44.7 Å². The maximum Gasteiger partial charge on any atom is 0.260 e. The SMILES string of the molecule is CCCC[C@@H](CC)CNC(=O)[C@H](C)Oc1cc(C)c(Cl)c(C)c1. The highest BCUT2D eigenvalue weighted by molar-refractivity contribution is 6.32. The van der Waals surface area contributed by atoms with Gasteiger partial charge in [0.1, 0.15) is 5.75 Å². The standard InChI is InChI=1S/C19H30ClNO2/c1-6-8-9-16(7-2)12-21-19(22)15(5)23-17-10-13(3)18(20)14(4)11-17/h10-11,15-16H,6-9,12H2,1-5H3,(H,21,22)/t15-,16+/m0/s1. The largest absolute Gasteiger partial charge is 0.481 e. The molecule has 0 heterocycles. The van der Waals surface area contributed by atoms with Gasteiger partial charge in [-0.2, -0.15) is 0 Å². The van der Waals surface area contributed by atoms with Crippen LogP contribution in [0.5, 0.6) is 5.75 Å². The Hall–Kier alpha value is -1.22. The Kier molecular flexibility index (Phi) is 8.46. The van der Waals surface area contributed by atoms with E-state index in [-0.39, 0.29) is 5.91 Å². The van der Waals surface area contributed by atoms with Gasteiger partial charge in [0.05, 0.1) is 0 Å². The summed E-state index contributed by atoms with van der Waals surface area (Å²) in [5.41, 5.74) is 1.92. The molecule has 1 amide bonds. The number of ether oxygens (including phenoxy) is 1. The fraction of sp³-hybridized carbons (Fsp3) is 0.632. The Labute approximate surface area is 145 Å². The lowest BCUT2D eigenvalue weighted by Crippen LogP contribution is -2.38. The number of carbonyl (C=O) groups excluding carboxylic acids is 1. The van der Waals surface area contributed by atoms with Gasteiger partial charge in [-0.15, -0.1) is 0 Å².